The van der Waals surface area contributed by atoms with Crippen LogP contribution in [0.4, 0.5) is 11.4 Å². The van der Waals surface area contributed by atoms with Crippen molar-refractivity contribution in [2.24, 2.45) is 5.92 Å². The van der Waals surface area contributed by atoms with E-state index in [4.69, 9.17) is 0 Å². The first-order chi connectivity index (χ1) is 13.1. The van der Waals surface area contributed by atoms with Crippen LogP contribution in [0.5, 0.6) is 0 Å². The fourth-order valence-electron chi connectivity index (χ4n) is 3.72. The highest BCUT2D eigenvalue weighted by Crippen LogP contribution is 2.33. The first-order valence-electron chi connectivity index (χ1n) is 9.14. The molecule has 1 aromatic carbocycles. The highest BCUT2D eigenvalue weighted by molar-refractivity contribution is 6.08. The Morgan fingerprint density at radius 3 is 2.56 bits per heavy atom. The molecule has 0 fully saturated rings. The lowest BCUT2D eigenvalue weighted by Crippen LogP contribution is -2.35. The Kier molecular flexibility index (Phi) is 4.39. The molecule has 0 unspecified atom stereocenters. The third-order valence-electron chi connectivity index (χ3n) is 5.02. The van der Waals surface area contributed by atoms with Crippen LogP contribution >= 0.6 is 0 Å². The molecule has 27 heavy (non-hydrogen) atoms. The van der Waals surface area contributed by atoms with E-state index in [0.29, 0.717) is 23.8 Å². The number of hydrogen-bond donors (Lipinski definition) is 0. The quantitative estimate of drug-likeness (QED) is 0.703. The maximum absolute atomic E-state index is 13.5. The van der Waals surface area contributed by atoms with Gasteiger partial charge in [0.25, 0.3) is 5.91 Å². The predicted molar refractivity (Wildman–Crippen MR) is 107 cm³/mol. The molecule has 4 rings (SSSR count). The first-order valence-corrected chi connectivity index (χ1v) is 9.14. The lowest BCUT2D eigenvalue weighted by molar-refractivity contribution is 0.0983. The molecule has 0 spiro atoms. The molecule has 1 aliphatic rings. The van der Waals surface area contributed by atoms with Gasteiger partial charge >= 0.3 is 0 Å². The second-order valence-corrected chi connectivity index (χ2v) is 7.13. The molecule has 0 radical (unpaired) electrons. The van der Waals surface area contributed by atoms with Crippen molar-refractivity contribution in [2.75, 3.05) is 29.9 Å². The van der Waals surface area contributed by atoms with Crippen molar-refractivity contribution >= 4 is 17.3 Å². The van der Waals surface area contributed by atoms with Crippen LogP contribution in [0.3, 0.4) is 0 Å². The molecule has 138 valence electrons. The summed E-state index contributed by atoms with van der Waals surface area (Å²) in [5.41, 5.74) is 3.41. The predicted octanol–water partition coefficient (Wildman–Crippen LogP) is 3.31. The number of amides is 1. The number of rotatable bonds is 2. The topological polar surface area (TPSA) is 54.3 Å². The Bertz CT molecular complexity index is 966. The summed E-state index contributed by atoms with van der Waals surface area (Å²) in [7, 11) is 2.08. The second kappa shape index (κ2) is 6.87. The fourth-order valence-corrected chi connectivity index (χ4v) is 3.72. The molecule has 0 saturated heterocycles. The molecule has 2 aromatic heterocycles. The standard InChI is InChI=1S/C21H23N5O/c1-15-13-24(3)18-8-4-5-9-19(18)25(14-15)21(27)17-12-23-26(16(17)2)20-10-6-7-11-22-20/h4-12,15H,13-14H2,1-3H3/t15-/m1/s1. The Balaban J connectivity index is 1.75. The van der Waals surface area contributed by atoms with Gasteiger partial charge in [-0.1, -0.05) is 25.1 Å². The molecule has 3 aromatic rings. The van der Waals surface area contributed by atoms with Crippen LogP contribution in [0.2, 0.25) is 0 Å². The zero-order valence-electron chi connectivity index (χ0n) is 15.8. The molecule has 6 heteroatoms. The average Bonchev–Trinajstić information content (AvgIpc) is 3.01. The number of carbonyl (C=O) groups is 1. The van der Waals surface area contributed by atoms with Crippen molar-refractivity contribution in [1.82, 2.24) is 14.8 Å². The zero-order valence-corrected chi connectivity index (χ0v) is 15.8. The van der Waals surface area contributed by atoms with E-state index in [2.05, 4.69) is 35.0 Å². The van der Waals surface area contributed by atoms with Crippen molar-refractivity contribution in [1.29, 1.82) is 0 Å². The number of benzene rings is 1. The largest absolute Gasteiger partial charge is 0.373 e. The summed E-state index contributed by atoms with van der Waals surface area (Å²) >= 11 is 0. The smallest absolute Gasteiger partial charge is 0.261 e. The van der Waals surface area contributed by atoms with Crippen LogP contribution in [0.25, 0.3) is 5.82 Å². The summed E-state index contributed by atoms with van der Waals surface area (Å²) in [4.78, 5) is 21.9. The highest BCUT2D eigenvalue weighted by atomic mass is 16.2. The number of fused-ring (bicyclic) bond motifs is 1. The normalized spacial score (nSPS) is 16.8. The molecular formula is C21H23N5O. The molecule has 1 atom stereocenters. The summed E-state index contributed by atoms with van der Waals surface area (Å²) in [6.07, 6.45) is 3.37. The number of hydrogen-bond acceptors (Lipinski definition) is 4. The number of carbonyl (C=O) groups excluding carboxylic acids is 1. The van der Waals surface area contributed by atoms with Gasteiger partial charge in [-0.25, -0.2) is 9.67 Å². The Labute approximate surface area is 159 Å². The maximum Gasteiger partial charge on any atom is 0.261 e. The van der Waals surface area contributed by atoms with Gasteiger partial charge in [0.2, 0.25) is 0 Å². The van der Waals surface area contributed by atoms with E-state index in [1.165, 1.54) is 0 Å². The number of anilines is 2. The van der Waals surface area contributed by atoms with Crippen LogP contribution < -0.4 is 9.80 Å². The molecule has 0 saturated carbocycles. The molecule has 1 aliphatic heterocycles. The van der Waals surface area contributed by atoms with Crippen molar-refractivity contribution in [3.8, 4) is 5.82 Å². The van der Waals surface area contributed by atoms with E-state index in [-0.39, 0.29) is 5.91 Å². The highest BCUT2D eigenvalue weighted by Gasteiger charge is 2.29. The monoisotopic (exact) mass is 361 g/mol. The van der Waals surface area contributed by atoms with Gasteiger partial charge in [0.05, 0.1) is 28.8 Å². The maximum atomic E-state index is 13.5. The van der Waals surface area contributed by atoms with E-state index in [1.807, 2.05) is 48.2 Å². The third-order valence-corrected chi connectivity index (χ3v) is 5.02. The summed E-state index contributed by atoms with van der Waals surface area (Å²) < 4.78 is 1.71. The average molecular weight is 361 g/mol. The lowest BCUT2D eigenvalue weighted by atomic mass is 10.1. The van der Waals surface area contributed by atoms with Crippen LogP contribution in [0.15, 0.2) is 54.9 Å². The van der Waals surface area contributed by atoms with Gasteiger partial charge < -0.3 is 9.80 Å². The SMILES string of the molecule is Cc1c(C(=O)N2C[C@H](C)CN(C)c3ccccc32)cnn1-c1ccccn1. The van der Waals surface area contributed by atoms with E-state index in [0.717, 1.165) is 23.6 Å². The van der Waals surface area contributed by atoms with E-state index in [1.54, 1.807) is 17.1 Å². The van der Waals surface area contributed by atoms with Gasteiger partial charge in [-0.05, 0) is 37.1 Å². The summed E-state index contributed by atoms with van der Waals surface area (Å²) in [5, 5.41) is 4.41. The van der Waals surface area contributed by atoms with Crippen molar-refractivity contribution in [2.45, 2.75) is 13.8 Å². The Morgan fingerprint density at radius 1 is 1.07 bits per heavy atom. The molecule has 1 amide bonds. The Hall–Kier alpha value is -3.15. The minimum atomic E-state index is -0.0238. The fraction of sp³-hybridized carbons (Fsp3) is 0.286. The van der Waals surface area contributed by atoms with Crippen LogP contribution in [-0.4, -0.2) is 40.8 Å². The number of nitrogens with zero attached hydrogens (tertiary/aromatic N) is 5. The van der Waals surface area contributed by atoms with Gasteiger partial charge in [-0.3, -0.25) is 4.79 Å². The van der Waals surface area contributed by atoms with Gasteiger partial charge in [0.15, 0.2) is 5.82 Å². The summed E-state index contributed by atoms with van der Waals surface area (Å²) in [6, 6.07) is 13.7. The van der Waals surface area contributed by atoms with Crippen LogP contribution in [-0.2, 0) is 0 Å². The zero-order chi connectivity index (χ0) is 19.0. The number of para-hydroxylation sites is 2. The molecular weight excluding hydrogens is 338 g/mol. The molecule has 0 aliphatic carbocycles. The molecule has 0 N–H and O–H groups in total. The van der Waals surface area contributed by atoms with Gasteiger partial charge in [-0.15, -0.1) is 0 Å². The van der Waals surface area contributed by atoms with Crippen molar-refractivity contribution in [3.05, 3.63) is 66.1 Å². The van der Waals surface area contributed by atoms with Gasteiger partial charge in [0, 0.05) is 26.3 Å². The Morgan fingerprint density at radius 2 is 1.81 bits per heavy atom. The van der Waals surface area contributed by atoms with E-state index in [9.17, 15) is 4.79 Å². The summed E-state index contributed by atoms with van der Waals surface area (Å²) in [5.74, 6) is 1.04. The third kappa shape index (κ3) is 3.07. The van der Waals surface area contributed by atoms with E-state index < -0.39 is 0 Å². The molecule has 6 nitrogen and oxygen atoms in total. The van der Waals surface area contributed by atoms with Crippen LogP contribution in [0, 0.1) is 12.8 Å². The first kappa shape index (κ1) is 17.3. The lowest BCUT2D eigenvalue weighted by Gasteiger charge is -2.24. The van der Waals surface area contributed by atoms with Crippen LogP contribution in [0.1, 0.15) is 23.0 Å². The van der Waals surface area contributed by atoms with Crippen molar-refractivity contribution < 1.29 is 4.79 Å². The van der Waals surface area contributed by atoms with Gasteiger partial charge in [0.1, 0.15) is 0 Å². The van der Waals surface area contributed by atoms with Crippen molar-refractivity contribution in [3.63, 3.8) is 0 Å². The molecule has 0 bridgehead atoms. The minimum Gasteiger partial charge on any atom is -0.373 e. The summed E-state index contributed by atoms with van der Waals surface area (Å²) in [6.45, 7) is 5.67. The second-order valence-electron chi connectivity index (χ2n) is 7.13. The number of pyridine rings is 1. The van der Waals surface area contributed by atoms with E-state index >= 15 is 0 Å². The number of aromatic nitrogens is 3. The van der Waals surface area contributed by atoms with Gasteiger partial charge in [-0.2, -0.15) is 5.10 Å². The minimum absolute atomic E-state index is 0.0238. The molecule has 3 heterocycles.